The lowest BCUT2D eigenvalue weighted by Crippen LogP contribution is -2.00. The van der Waals surface area contributed by atoms with Gasteiger partial charge in [0.1, 0.15) is 23.1 Å². The second kappa shape index (κ2) is 7.07. The first-order valence-corrected chi connectivity index (χ1v) is 5.78. The lowest BCUT2D eigenvalue weighted by Gasteiger charge is -2.10. The zero-order valence-electron chi connectivity index (χ0n) is 10.8. The highest BCUT2D eigenvalue weighted by Gasteiger charge is 2.09. The van der Waals surface area contributed by atoms with Gasteiger partial charge < -0.3 is 14.6 Å². The third kappa shape index (κ3) is 4.03. The molecule has 5 nitrogen and oxygen atoms in total. The van der Waals surface area contributed by atoms with Crippen LogP contribution in [0, 0.1) is 11.3 Å². The van der Waals surface area contributed by atoms with E-state index in [0.717, 1.165) is 6.42 Å². The van der Waals surface area contributed by atoms with Crippen LogP contribution in [0.4, 0.5) is 0 Å². The van der Waals surface area contributed by atoms with E-state index in [0.29, 0.717) is 23.7 Å². The van der Waals surface area contributed by atoms with Gasteiger partial charge in [0.05, 0.1) is 13.7 Å². The van der Waals surface area contributed by atoms with Crippen LogP contribution >= 0.6 is 0 Å². The van der Waals surface area contributed by atoms with Crippen molar-refractivity contribution in [3.8, 4) is 17.6 Å². The molecule has 0 unspecified atom stereocenters. The summed E-state index contributed by atoms with van der Waals surface area (Å²) < 4.78 is 10.6. The molecule has 0 amide bonds. The van der Waals surface area contributed by atoms with E-state index < -0.39 is 5.97 Å². The van der Waals surface area contributed by atoms with Crippen LogP contribution in [0.15, 0.2) is 23.8 Å². The predicted molar refractivity (Wildman–Crippen MR) is 70.0 cm³/mol. The number of carboxylic acid groups (broad SMARTS) is 1. The number of nitrogens with zero attached hydrogens (tertiary/aromatic N) is 1. The third-order valence-corrected chi connectivity index (χ3v) is 2.33. The maximum Gasteiger partial charge on any atom is 0.346 e. The van der Waals surface area contributed by atoms with E-state index in [-0.39, 0.29) is 5.57 Å². The molecule has 0 saturated carbocycles. The second-order valence-electron chi connectivity index (χ2n) is 3.73. The smallest absolute Gasteiger partial charge is 0.346 e. The molecule has 1 N–H and O–H groups in total. The van der Waals surface area contributed by atoms with E-state index in [9.17, 15) is 4.79 Å². The van der Waals surface area contributed by atoms with Gasteiger partial charge in [-0.3, -0.25) is 0 Å². The number of hydrogen-bond donors (Lipinski definition) is 1. The van der Waals surface area contributed by atoms with Crippen molar-refractivity contribution in [3.63, 3.8) is 0 Å². The summed E-state index contributed by atoms with van der Waals surface area (Å²) in [5.74, 6) is -0.160. The van der Waals surface area contributed by atoms with Crippen LogP contribution in [-0.2, 0) is 4.79 Å². The number of ether oxygens (including phenoxy) is 2. The molecular weight excluding hydrogens is 246 g/mol. The molecule has 0 heterocycles. The van der Waals surface area contributed by atoms with E-state index >= 15 is 0 Å². The van der Waals surface area contributed by atoms with Crippen LogP contribution in [0.1, 0.15) is 18.9 Å². The number of nitriles is 1. The van der Waals surface area contributed by atoms with Crippen molar-refractivity contribution in [2.24, 2.45) is 0 Å². The fourth-order valence-corrected chi connectivity index (χ4v) is 1.40. The highest BCUT2D eigenvalue weighted by atomic mass is 16.5. The molecule has 1 aromatic carbocycles. The Labute approximate surface area is 111 Å². The highest BCUT2D eigenvalue weighted by Crippen LogP contribution is 2.27. The molecule has 19 heavy (non-hydrogen) atoms. The van der Waals surface area contributed by atoms with E-state index in [4.69, 9.17) is 19.8 Å². The molecule has 0 aliphatic rings. The molecule has 1 rings (SSSR count). The van der Waals surface area contributed by atoms with Crippen molar-refractivity contribution in [3.05, 3.63) is 29.3 Å². The van der Waals surface area contributed by atoms with Gasteiger partial charge in [-0.05, 0) is 24.6 Å². The number of rotatable bonds is 6. The number of carboxylic acids is 1. The lowest BCUT2D eigenvalue weighted by molar-refractivity contribution is -0.132. The Morgan fingerprint density at radius 2 is 2.26 bits per heavy atom. The molecule has 0 atom stereocenters. The molecule has 0 aliphatic heterocycles. The standard InChI is InChI=1S/C14H15NO4/c1-3-6-19-13-8-12(18-2)5-4-10(13)7-11(9-15)14(16)17/h4-5,7-8H,3,6H2,1-2H3,(H,16,17). The van der Waals surface area contributed by atoms with Crippen molar-refractivity contribution < 1.29 is 19.4 Å². The van der Waals surface area contributed by atoms with Gasteiger partial charge >= 0.3 is 5.97 Å². The molecule has 100 valence electrons. The molecule has 5 heteroatoms. The van der Waals surface area contributed by atoms with E-state index in [1.54, 1.807) is 24.3 Å². The largest absolute Gasteiger partial charge is 0.497 e. The normalized spacial score (nSPS) is 10.7. The molecule has 0 fully saturated rings. The molecule has 0 radical (unpaired) electrons. The summed E-state index contributed by atoms with van der Waals surface area (Å²) >= 11 is 0. The average molecular weight is 261 g/mol. The Morgan fingerprint density at radius 3 is 2.79 bits per heavy atom. The maximum atomic E-state index is 10.8. The molecule has 1 aromatic rings. The predicted octanol–water partition coefficient (Wildman–Crippen LogP) is 2.48. The Morgan fingerprint density at radius 1 is 1.53 bits per heavy atom. The molecular formula is C14H15NO4. The van der Waals surface area contributed by atoms with Crippen LogP contribution < -0.4 is 9.47 Å². The Kier molecular flexibility index (Phi) is 5.42. The second-order valence-corrected chi connectivity index (χ2v) is 3.73. The van der Waals surface area contributed by atoms with Gasteiger partial charge in [0.25, 0.3) is 0 Å². The van der Waals surface area contributed by atoms with Gasteiger partial charge in [0.2, 0.25) is 0 Å². The molecule has 0 aromatic heterocycles. The number of methoxy groups -OCH3 is 1. The summed E-state index contributed by atoms with van der Waals surface area (Å²) in [7, 11) is 1.53. The van der Waals surface area contributed by atoms with Gasteiger partial charge in [-0.15, -0.1) is 0 Å². The minimum absolute atomic E-state index is 0.341. The zero-order chi connectivity index (χ0) is 14.3. The minimum Gasteiger partial charge on any atom is -0.497 e. The topological polar surface area (TPSA) is 79.5 Å². The highest BCUT2D eigenvalue weighted by molar-refractivity contribution is 5.96. The monoisotopic (exact) mass is 261 g/mol. The fraction of sp³-hybridized carbons (Fsp3) is 0.286. The third-order valence-electron chi connectivity index (χ3n) is 2.33. The Balaban J connectivity index is 3.18. The molecule has 0 saturated heterocycles. The first-order valence-electron chi connectivity index (χ1n) is 5.78. The van der Waals surface area contributed by atoms with E-state index in [2.05, 4.69) is 0 Å². The summed E-state index contributed by atoms with van der Waals surface area (Å²) in [5.41, 5.74) is 0.194. The first-order chi connectivity index (χ1) is 9.12. The average Bonchev–Trinajstić information content (AvgIpc) is 2.42. The van der Waals surface area contributed by atoms with E-state index in [1.165, 1.54) is 13.2 Å². The zero-order valence-corrected chi connectivity index (χ0v) is 10.8. The van der Waals surface area contributed by atoms with Crippen molar-refractivity contribution in [2.75, 3.05) is 13.7 Å². The first kappa shape index (κ1) is 14.6. The molecule has 0 spiro atoms. The Hall–Kier alpha value is -2.48. The van der Waals surface area contributed by atoms with Crippen molar-refractivity contribution in [2.45, 2.75) is 13.3 Å². The summed E-state index contributed by atoms with van der Waals surface area (Å²) in [6.45, 7) is 2.47. The van der Waals surface area contributed by atoms with Crippen LogP contribution in [0.3, 0.4) is 0 Å². The minimum atomic E-state index is -1.26. The lowest BCUT2D eigenvalue weighted by atomic mass is 10.1. The number of carbonyl (C=O) groups is 1. The Bertz CT molecular complexity index is 529. The number of benzene rings is 1. The summed E-state index contributed by atoms with van der Waals surface area (Å²) in [6, 6.07) is 6.64. The van der Waals surface area contributed by atoms with E-state index in [1.807, 2.05) is 6.92 Å². The number of aliphatic carboxylic acids is 1. The quantitative estimate of drug-likeness (QED) is 0.628. The van der Waals surface area contributed by atoms with Crippen molar-refractivity contribution in [1.29, 1.82) is 5.26 Å². The maximum absolute atomic E-state index is 10.8. The summed E-state index contributed by atoms with van der Waals surface area (Å²) in [6.07, 6.45) is 2.11. The molecule has 0 aliphatic carbocycles. The van der Waals surface area contributed by atoms with Crippen LogP contribution in [0.25, 0.3) is 6.08 Å². The van der Waals surface area contributed by atoms with Crippen LogP contribution in [-0.4, -0.2) is 24.8 Å². The van der Waals surface area contributed by atoms with Crippen molar-refractivity contribution in [1.82, 2.24) is 0 Å². The summed E-state index contributed by atoms with van der Waals surface area (Å²) in [4.78, 5) is 10.8. The van der Waals surface area contributed by atoms with Gasteiger partial charge in [0.15, 0.2) is 0 Å². The van der Waals surface area contributed by atoms with Crippen LogP contribution in [0.5, 0.6) is 11.5 Å². The SMILES string of the molecule is CCCOc1cc(OC)ccc1C=C(C#N)C(=O)O. The van der Waals surface area contributed by atoms with Crippen molar-refractivity contribution >= 4 is 12.0 Å². The fourth-order valence-electron chi connectivity index (χ4n) is 1.40. The van der Waals surface area contributed by atoms with Gasteiger partial charge in [-0.2, -0.15) is 5.26 Å². The number of hydrogen-bond acceptors (Lipinski definition) is 4. The van der Waals surface area contributed by atoms with Gasteiger partial charge in [-0.25, -0.2) is 4.79 Å². The summed E-state index contributed by atoms with van der Waals surface area (Å²) in [5, 5.41) is 17.6. The van der Waals surface area contributed by atoms with Crippen LogP contribution in [0.2, 0.25) is 0 Å². The van der Waals surface area contributed by atoms with Gasteiger partial charge in [0, 0.05) is 11.6 Å². The van der Waals surface area contributed by atoms with Gasteiger partial charge in [-0.1, -0.05) is 6.92 Å². The molecule has 0 bridgehead atoms.